The Morgan fingerprint density at radius 3 is 2.41 bits per heavy atom. The minimum absolute atomic E-state index is 0.00184. The van der Waals surface area contributed by atoms with Gasteiger partial charge in [-0.1, -0.05) is 44.2 Å². The Morgan fingerprint density at radius 2 is 1.81 bits per heavy atom. The summed E-state index contributed by atoms with van der Waals surface area (Å²) in [5.74, 6) is 0.00184. The summed E-state index contributed by atoms with van der Waals surface area (Å²) in [5.41, 5.74) is 1.13. The highest BCUT2D eigenvalue weighted by atomic mass is 16.7. The third-order valence-corrected chi connectivity index (χ3v) is 4.88. The maximum absolute atomic E-state index is 11.1. The van der Waals surface area contributed by atoms with E-state index in [0.29, 0.717) is 26.1 Å². The van der Waals surface area contributed by atoms with Crippen LogP contribution in [-0.2, 0) is 16.1 Å². The van der Waals surface area contributed by atoms with E-state index in [1.165, 1.54) is 0 Å². The van der Waals surface area contributed by atoms with Gasteiger partial charge in [0.15, 0.2) is 0 Å². The Bertz CT molecular complexity index is 493. The second-order valence-electron chi connectivity index (χ2n) is 6.69. The Labute approximate surface area is 163 Å². The monoisotopic (exact) mass is 381 g/mol. The Balaban J connectivity index is 2.47. The quantitative estimate of drug-likeness (QED) is 0.356. The van der Waals surface area contributed by atoms with Crippen LogP contribution in [0, 0.1) is 5.92 Å². The number of ether oxygens (including phenoxy) is 2. The minimum atomic E-state index is -1.25. The molecule has 0 aliphatic rings. The highest BCUT2D eigenvalue weighted by Gasteiger charge is 2.25. The predicted molar refractivity (Wildman–Crippen MR) is 106 cm³/mol. The van der Waals surface area contributed by atoms with Gasteiger partial charge in [-0.05, 0) is 50.3 Å². The molecule has 0 fully saturated rings. The molecule has 1 aromatic rings. The molecule has 0 radical (unpaired) electrons. The summed E-state index contributed by atoms with van der Waals surface area (Å²) in [4.78, 5) is 13.4. The van der Waals surface area contributed by atoms with Crippen molar-refractivity contribution < 1.29 is 24.5 Å². The number of benzene rings is 1. The highest BCUT2D eigenvalue weighted by Crippen LogP contribution is 2.22. The van der Waals surface area contributed by atoms with E-state index in [0.717, 1.165) is 38.0 Å². The number of hydrogen-bond acceptors (Lipinski definition) is 5. The number of aliphatic hydroxyl groups is 1. The molecule has 0 heterocycles. The van der Waals surface area contributed by atoms with E-state index in [1.807, 2.05) is 30.3 Å². The molecule has 0 aliphatic heterocycles. The van der Waals surface area contributed by atoms with Crippen molar-refractivity contribution in [3.63, 3.8) is 0 Å². The van der Waals surface area contributed by atoms with Crippen molar-refractivity contribution in [2.75, 3.05) is 32.8 Å². The van der Waals surface area contributed by atoms with Gasteiger partial charge in [0.05, 0.1) is 6.61 Å². The fraction of sp³-hybridized carbons (Fsp3) is 0.667. The second-order valence-corrected chi connectivity index (χ2v) is 6.69. The Hall–Kier alpha value is -1.63. The van der Waals surface area contributed by atoms with Crippen LogP contribution in [0.1, 0.15) is 45.1 Å². The van der Waals surface area contributed by atoms with E-state index < -0.39 is 12.3 Å². The fourth-order valence-corrected chi connectivity index (χ4v) is 3.26. The summed E-state index contributed by atoms with van der Waals surface area (Å²) < 4.78 is 10.9. The van der Waals surface area contributed by atoms with E-state index in [-0.39, 0.29) is 12.5 Å². The zero-order chi connectivity index (χ0) is 19.9. The van der Waals surface area contributed by atoms with Crippen LogP contribution >= 0.6 is 0 Å². The molecular formula is C21H35NO5. The molecule has 154 valence electrons. The molecule has 6 nitrogen and oxygen atoms in total. The fourth-order valence-electron chi connectivity index (χ4n) is 3.26. The first-order chi connectivity index (χ1) is 13.1. The van der Waals surface area contributed by atoms with E-state index in [9.17, 15) is 9.90 Å². The van der Waals surface area contributed by atoms with Crippen LogP contribution < -0.4 is 0 Å². The van der Waals surface area contributed by atoms with Gasteiger partial charge in [-0.3, -0.25) is 0 Å². The maximum Gasteiger partial charge on any atom is 0.506 e. The lowest BCUT2D eigenvalue weighted by Gasteiger charge is -2.28. The molecule has 2 atom stereocenters. The summed E-state index contributed by atoms with van der Waals surface area (Å²) in [7, 11) is 0. The van der Waals surface area contributed by atoms with Gasteiger partial charge in [-0.2, -0.15) is 0 Å². The van der Waals surface area contributed by atoms with Gasteiger partial charge in [0, 0.05) is 19.8 Å². The van der Waals surface area contributed by atoms with Crippen molar-refractivity contribution in [1.29, 1.82) is 0 Å². The van der Waals surface area contributed by atoms with Crippen molar-refractivity contribution in [1.82, 2.24) is 4.90 Å². The SMILES string of the molecule is CCN(CC)CCC(OC(=O)O)C(CCO)CCCOCc1ccccc1. The van der Waals surface area contributed by atoms with Crippen molar-refractivity contribution in [2.24, 2.45) is 5.92 Å². The largest absolute Gasteiger partial charge is 0.506 e. The normalized spacial score (nSPS) is 13.5. The molecule has 0 saturated carbocycles. The van der Waals surface area contributed by atoms with Crippen LogP contribution in [0.4, 0.5) is 4.79 Å². The van der Waals surface area contributed by atoms with Crippen LogP contribution in [0.15, 0.2) is 30.3 Å². The van der Waals surface area contributed by atoms with Crippen LogP contribution in [-0.4, -0.2) is 60.2 Å². The Morgan fingerprint density at radius 1 is 1.11 bits per heavy atom. The Kier molecular flexibility index (Phi) is 12.5. The summed E-state index contributed by atoms with van der Waals surface area (Å²) in [5, 5.41) is 18.5. The van der Waals surface area contributed by atoms with Gasteiger partial charge in [-0.15, -0.1) is 0 Å². The molecule has 0 amide bonds. The summed E-state index contributed by atoms with van der Waals surface area (Å²) in [6.07, 6.45) is 1.11. The molecule has 0 saturated heterocycles. The molecule has 0 bridgehead atoms. The zero-order valence-electron chi connectivity index (χ0n) is 16.7. The van der Waals surface area contributed by atoms with Crippen LogP contribution in [0.25, 0.3) is 0 Å². The topological polar surface area (TPSA) is 79.2 Å². The van der Waals surface area contributed by atoms with Crippen LogP contribution in [0.3, 0.4) is 0 Å². The average Bonchev–Trinajstić information content (AvgIpc) is 2.67. The third-order valence-electron chi connectivity index (χ3n) is 4.88. The summed E-state index contributed by atoms with van der Waals surface area (Å²) in [6.45, 7) is 8.02. The first kappa shape index (κ1) is 23.4. The molecule has 0 aromatic heterocycles. The van der Waals surface area contributed by atoms with E-state index in [1.54, 1.807) is 0 Å². The maximum atomic E-state index is 11.1. The molecule has 2 unspecified atom stereocenters. The van der Waals surface area contributed by atoms with E-state index in [4.69, 9.17) is 14.6 Å². The lowest BCUT2D eigenvalue weighted by atomic mass is 9.91. The number of nitrogens with zero attached hydrogens (tertiary/aromatic N) is 1. The smallest absolute Gasteiger partial charge is 0.450 e. The van der Waals surface area contributed by atoms with Crippen LogP contribution in [0.2, 0.25) is 0 Å². The van der Waals surface area contributed by atoms with E-state index in [2.05, 4.69) is 18.7 Å². The van der Waals surface area contributed by atoms with Crippen molar-refractivity contribution in [3.05, 3.63) is 35.9 Å². The lowest BCUT2D eigenvalue weighted by Crippen LogP contribution is -2.33. The molecule has 0 spiro atoms. The first-order valence-electron chi connectivity index (χ1n) is 9.95. The van der Waals surface area contributed by atoms with E-state index >= 15 is 0 Å². The summed E-state index contributed by atoms with van der Waals surface area (Å²) >= 11 is 0. The number of hydrogen-bond donors (Lipinski definition) is 2. The molecule has 1 aromatic carbocycles. The van der Waals surface area contributed by atoms with Crippen molar-refractivity contribution >= 4 is 6.16 Å². The number of carboxylic acid groups (broad SMARTS) is 1. The van der Waals surface area contributed by atoms with Crippen LogP contribution in [0.5, 0.6) is 0 Å². The number of aliphatic hydroxyl groups excluding tert-OH is 1. The molecular weight excluding hydrogens is 346 g/mol. The van der Waals surface area contributed by atoms with Gasteiger partial charge in [0.1, 0.15) is 6.10 Å². The van der Waals surface area contributed by atoms with Gasteiger partial charge >= 0.3 is 6.16 Å². The lowest BCUT2D eigenvalue weighted by molar-refractivity contribution is 0.00467. The molecule has 2 N–H and O–H groups in total. The van der Waals surface area contributed by atoms with Gasteiger partial charge in [-0.25, -0.2) is 4.79 Å². The molecule has 1 rings (SSSR count). The number of carbonyl (C=O) groups is 1. The standard InChI is InChI=1S/C21H35NO5/c1-3-22(4-2)14-12-20(27-21(24)25)19(13-15-23)11-8-16-26-17-18-9-6-5-7-10-18/h5-7,9-10,19-20,23H,3-4,8,11-17H2,1-2H3,(H,24,25). The molecule has 0 aliphatic carbocycles. The van der Waals surface area contributed by atoms with Gasteiger partial charge < -0.3 is 24.6 Å². The first-order valence-corrected chi connectivity index (χ1v) is 9.95. The average molecular weight is 382 g/mol. The second kappa shape index (κ2) is 14.4. The zero-order valence-corrected chi connectivity index (χ0v) is 16.7. The van der Waals surface area contributed by atoms with Crippen molar-refractivity contribution in [2.45, 2.75) is 52.2 Å². The molecule has 6 heteroatoms. The minimum Gasteiger partial charge on any atom is -0.450 e. The van der Waals surface area contributed by atoms with Gasteiger partial charge in [0.25, 0.3) is 0 Å². The van der Waals surface area contributed by atoms with Gasteiger partial charge in [0.2, 0.25) is 0 Å². The predicted octanol–water partition coefficient (Wildman–Crippen LogP) is 3.78. The molecule has 27 heavy (non-hydrogen) atoms. The highest BCUT2D eigenvalue weighted by molar-refractivity contribution is 5.57. The summed E-state index contributed by atoms with van der Waals surface area (Å²) in [6, 6.07) is 10.0. The number of rotatable bonds is 15. The van der Waals surface area contributed by atoms with Crippen molar-refractivity contribution in [3.8, 4) is 0 Å². The third kappa shape index (κ3) is 10.3.